The molecular formula is C20H23N3O3. The monoisotopic (exact) mass is 353 g/mol. The maximum Gasteiger partial charge on any atom is 0.251 e. The van der Waals surface area contributed by atoms with Crippen LogP contribution in [0.25, 0.3) is 0 Å². The lowest BCUT2D eigenvalue weighted by atomic mass is 10.2. The molecule has 0 saturated heterocycles. The van der Waals surface area contributed by atoms with Gasteiger partial charge in [-0.2, -0.15) is 5.10 Å². The number of carbonyl (C=O) groups is 2. The Bertz CT molecular complexity index is 745. The third-order valence-corrected chi connectivity index (χ3v) is 3.73. The molecule has 136 valence electrons. The first kappa shape index (κ1) is 19.2. The van der Waals surface area contributed by atoms with Crippen LogP contribution >= 0.6 is 0 Å². The topological polar surface area (TPSA) is 90.8 Å². The maximum absolute atomic E-state index is 11.8. The number of nitrogens with zero attached hydrogens (tertiary/aromatic N) is 1. The second-order valence-electron chi connectivity index (χ2n) is 5.78. The summed E-state index contributed by atoms with van der Waals surface area (Å²) in [6.45, 7) is 0.584. The van der Waals surface area contributed by atoms with Gasteiger partial charge in [-0.25, -0.2) is 5.43 Å². The van der Waals surface area contributed by atoms with Gasteiger partial charge in [0.1, 0.15) is 5.75 Å². The molecule has 0 bridgehead atoms. The Morgan fingerprint density at radius 1 is 0.962 bits per heavy atom. The summed E-state index contributed by atoms with van der Waals surface area (Å²) < 4.78 is 0. The van der Waals surface area contributed by atoms with Crippen LogP contribution in [0.4, 0.5) is 0 Å². The normalized spacial score (nSPS) is 10.6. The number of benzene rings is 2. The molecule has 2 amide bonds. The first-order valence-corrected chi connectivity index (χ1v) is 8.60. The molecule has 0 aliphatic heterocycles. The van der Waals surface area contributed by atoms with Gasteiger partial charge in [0.2, 0.25) is 5.91 Å². The van der Waals surface area contributed by atoms with Crippen molar-refractivity contribution >= 4 is 18.0 Å². The van der Waals surface area contributed by atoms with E-state index in [0.29, 0.717) is 24.1 Å². The molecule has 0 heterocycles. The molecule has 2 aromatic carbocycles. The highest BCUT2D eigenvalue weighted by molar-refractivity contribution is 5.94. The third-order valence-electron chi connectivity index (χ3n) is 3.73. The van der Waals surface area contributed by atoms with Gasteiger partial charge in [-0.05, 0) is 37.1 Å². The van der Waals surface area contributed by atoms with E-state index in [9.17, 15) is 14.7 Å². The van der Waals surface area contributed by atoms with Crippen molar-refractivity contribution in [3.05, 3.63) is 65.7 Å². The van der Waals surface area contributed by atoms with Crippen molar-refractivity contribution in [3.63, 3.8) is 0 Å². The van der Waals surface area contributed by atoms with Gasteiger partial charge in [0.15, 0.2) is 0 Å². The Kier molecular flexibility index (Phi) is 7.86. The van der Waals surface area contributed by atoms with E-state index in [2.05, 4.69) is 15.8 Å². The van der Waals surface area contributed by atoms with E-state index in [4.69, 9.17) is 0 Å². The summed E-state index contributed by atoms with van der Waals surface area (Å²) in [5.74, 6) is -0.144. The first-order valence-electron chi connectivity index (χ1n) is 8.60. The van der Waals surface area contributed by atoms with Crippen molar-refractivity contribution in [2.75, 3.05) is 6.54 Å². The number of aromatic hydroxyl groups is 1. The fraction of sp³-hybridized carbons (Fsp3) is 0.250. The summed E-state index contributed by atoms with van der Waals surface area (Å²) in [6.07, 6.45) is 4.15. The SMILES string of the molecule is O=C(CCCCCNC(=O)c1ccccc1)N/N=C\c1ccccc1O. The Hall–Kier alpha value is -3.15. The molecule has 26 heavy (non-hydrogen) atoms. The third kappa shape index (κ3) is 6.76. The molecule has 0 aliphatic carbocycles. The molecule has 0 unspecified atom stereocenters. The zero-order valence-corrected chi connectivity index (χ0v) is 14.5. The number of para-hydroxylation sites is 1. The van der Waals surface area contributed by atoms with E-state index in [0.717, 1.165) is 19.3 Å². The van der Waals surface area contributed by atoms with E-state index >= 15 is 0 Å². The number of nitrogens with one attached hydrogen (secondary N) is 2. The van der Waals surface area contributed by atoms with Gasteiger partial charge >= 0.3 is 0 Å². The van der Waals surface area contributed by atoms with Gasteiger partial charge in [-0.15, -0.1) is 0 Å². The fourth-order valence-corrected chi connectivity index (χ4v) is 2.31. The fourth-order valence-electron chi connectivity index (χ4n) is 2.31. The zero-order valence-electron chi connectivity index (χ0n) is 14.5. The standard InChI is InChI=1S/C20H23N3O3/c24-18-12-7-6-11-17(18)15-22-23-19(25)13-5-2-8-14-21-20(26)16-9-3-1-4-10-16/h1,3-4,6-7,9-12,15,24H,2,5,8,13-14H2,(H,21,26)(H,23,25)/b22-15-. The number of unbranched alkanes of at least 4 members (excludes halogenated alkanes) is 2. The van der Waals surface area contributed by atoms with Crippen molar-refractivity contribution < 1.29 is 14.7 Å². The van der Waals surface area contributed by atoms with Gasteiger partial charge in [0.05, 0.1) is 6.21 Å². The second kappa shape index (κ2) is 10.7. The van der Waals surface area contributed by atoms with Crippen molar-refractivity contribution in [2.45, 2.75) is 25.7 Å². The predicted molar refractivity (Wildman–Crippen MR) is 101 cm³/mol. The van der Waals surface area contributed by atoms with Crippen LogP contribution < -0.4 is 10.7 Å². The average Bonchev–Trinajstić information content (AvgIpc) is 2.66. The Morgan fingerprint density at radius 3 is 2.46 bits per heavy atom. The van der Waals surface area contributed by atoms with E-state index in [1.54, 1.807) is 36.4 Å². The molecular weight excluding hydrogens is 330 g/mol. The number of rotatable bonds is 9. The van der Waals surface area contributed by atoms with Crippen LogP contribution in [0.5, 0.6) is 5.75 Å². The molecule has 0 aromatic heterocycles. The molecule has 6 nitrogen and oxygen atoms in total. The number of phenolic OH excluding ortho intramolecular Hbond substituents is 1. The van der Waals surface area contributed by atoms with Crippen LogP contribution in [0.15, 0.2) is 59.7 Å². The smallest absolute Gasteiger partial charge is 0.251 e. The molecule has 6 heteroatoms. The van der Waals surface area contributed by atoms with Gasteiger partial charge in [-0.3, -0.25) is 9.59 Å². The molecule has 0 aliphatic rings. The van der Waals surface area contributed by atoms with Crippen LogP contribution in [0.1, 0.15) is 41.6 Å². The highest BCUT2D eigenvalue weighted by Gasteiger charge is 2.03. The molecule has 0 fully saturated rings. The first-order chi connectivity index (χ1) is 12.7. The van der Waals surface area contributed by atoms with E-state index in [1.807, 2.05) is 18.2 Å². The minimum Gasteiger partial charge on any atom is -0.507 e. The molecule has 2 rings (SSSR count). The van der Waals surface area contributed by atoms with Crippen molar-refractivity contribution in [2.24, 2.45) is 5.10 Å². The Labute approximate surface area is 152 Å². The summed E-state index contributed by atoms with van der Waals surface area (Å²) in [6, 6.07) is 15.8. The quantitative estimate of drug-likeness (QED) is 0.368. The highest BCUT2D eigenvalue weighted by Crippen LogP contribution is 2.12. The van der Waals surface area contributed by atoms with Gasteiger partial charge in [0, 0.05) is 24.1 Å². The molecule has 0 spiro atoms. The molecule has 3 N–H and O–H groups in total. The van der Waals surface area contributed by atoms with Crippen molar-refractivity contribution in [3.8, 4) is 5.75 Å². The van der Waals surface area contributed by atoms with Gasteiger partial charge < -0.3 is 10.4 Å². The highest BCUT2D eigenvalue weighted by atomic mass is 16.3. The molecule has 0 radical (unpaired) electrons. The van der Waals surface area contributed by atoms with E-state index in [1.165, 1.54) is 6.21 Å². The maximum atomic E-state index is 11.8. The van der Waals surface area contributed by atoms with Gasteiger partial charge in [0.25, 0.3) is 5.91 Å². The zero-order chi connectivity index (χ0) is 18.6. The number of hydrogen-bond donors (Lipinski definition) is 3. The lowest BCUT2D eigenvalue weighted by Gasteiger charge is -2.05. The number of amides is 2. The minimum atomic E-state index is -0.176. The summed E-state index contributed by atoms with van der Waals surface area (Å²) in [5.41, 5.74) is 3.63. The predicted octanol–water partition coefficient (Wildman–Crippen LogP) is 2.83. The van der Waals surface area contributed by atoms with Crippen LogP contribution in [-0.4, -0.2) is 29.7 Å². The van der Waals surface area contributed by atoms with Crippen LogP contribution in [0, 0.1) is 0 Å². The Morgan fingerprint density at radius 2 is 1.69 bits per heavy atom. The number of phenols is 1. The summed E-state index contributed by atoms with van der Waals surface area (Å²) >= 11 is 0. The number of hydrogen-bond acceptors (Lipinski definition) is 4. The van der Waals surface area contributed by atoms with Crippen LogP contribution in [-0.2, 0) is 4.79 Å². The van der Waals surface area contributed by atoms with E-state index < -0.39 is 0 Å². The van der Waals surface area contributed by atoms with Crippen molar-refractivity contribution in [1.82, 2.24) is 10.7 Å². The molecule has 0 atom stereocenters. The van der Waals surface area contributed by atoms with Crippen molar-refractivity contribution in [1.29, 1.82) is 0 Å². The summed E-state index contributed by atoms with van der Waals surface area (Å²) in [7, 11) is 0. The number of carbonyl (C=O) groups excluding carboxylic acids is 2. The lowest BCUT2D eigenvalue weighted by Crippen LogP contribution is -2.24. The van der Waals surface area contributed by atoms with E-state index in [-0.39, 0.29) is 17.6 Å². The average molecular weight is 353 g/mol. The van der Waals surface area contributed by atoms with Crippen LogP contribution in [0.3, 0.4) is 0 Å². The largest absolute Gasteiger partial charge is 0.507 e. The Balaban J connectivity index is 1.55. The molecule has 0 saturated carbocycles. The second-order valence-corrected chi connectivity index (χ2v) is 5.78. The minimum absolute atomic E-state index is 0.0816. The molecule has 2 aromatic rings. The summed E-state index contributed by atoms with van der Waals surface area (Å²) in [4.78, 5) is 23.5. The summed E-state index contributed by atoms with van der Waals surface area (Å²) in [5, 5.41) is 16.3. The number of hydrazone groups is 1. The van der Waals surface area contributed by atoms with Gasteiger partial charge in [-0.1, -0.05) is 36.8 Å². The lowest BCUT2D eigenvalue weighted by molar-refractivity contribution is -0.121. The van der Waals surface area contributed by atoms with Crippen LogP contribution in [0.2, 0.25) is 0 Å².